The molecule has 0 radical (unpaired) electrons. The van der Waals surface area contributed by atoms with Gasteiger partial charge in [0.25, 0.3) is 10.1 Å². The molecule has 110 valence electrons. The van der Waals surface area contributed by atoms with Crippen LogP contribution in [0.4, 0.5) is 20.2 Å². The van der Waals surface area contributed by atoms with Crippen molar-refractivity contribution >= 4 is 21.5 Å². The van der Waals surface area contributed by atoms with Gasteiger partial charge in [-0.1, -0.05) is 0 Å². The molecule has 0 heterocycles. The van der Waals surface area contributed by atoms with E-state index in [-0.39, 0.29) is 16.3 Å². The summed E-state index contributed by atoms with van der Waals surface area (Å²) in [5, 5.41) is 16.1. The third kappa shape index (κ3) is 3.58. The van der Waals surface area contributed by atoms with Crippen LogP contribution in [0, 0.1) is 11.6 Å². The zero-order valence-electron chi connectivity index (χ0n) is 10.2. The van der Waals surface area contributed by atoms with Gasteiger partial charge >= 0.3 is 0 Å². The molecule has 2 rings (SSSR count). The lowest BCUT2D eigenvalue weighted by Gasteiger charge is -1.99. The predicted octanol–water partition coefficient (Wildman–Crippen LogP) is 3.33. The number of benzene rings is 2. The van der Waals surface area contributed by atoms with Gasteiger partial charge in [-0.15, -0.1) is 0 Å². The van der Waals surface area contributed by atoms with Crippen LogP contribution in [0.3, 0.4) is 0 Å². The molecular formula is C12H8F2N2O4S. The van der Waals surface area contributed by atoms with Crippen LogP contribution in [-0.4, -0.2) is 18.1 Å². The van der Waals surface area contributed by atoms with Crippen LogP contribution in [0.25, 0.3) is 0 Å². The van der Waals surface area contributed by atoms with Crippen molar-refractivity contribution in [2.24, 2.45) is 10.2 Å². The third-order valence-corrected chi connectivity index (χ3v) is 3.29. The van der Waals surface area contributed by atoms with Gasteiger partial charge in [0.2, 0.25) is 0 Å². The Morgan fingerprint density at radius 3 is 1.86 bits per heavy atom. The average molecular weight is 314 g/mol. The Kier molecular flexibility index (Phi) is 3.96. The maximum atomic E-state index is 13.1. The number of azo groups is 1. The van der Waals surface area contributed by atoms with Crippen molar-refractivity contribution in [1.29, 1.82) is 0 Å². The van der Waals surface area contributed by atoms with Gasteiger partial charge in [0, 0.05) is 12.1 Å². The van der Waals surface area contributed by atoms with Gasteiger partial charge in [-0.25, -0.2) is 8.78 Å². The van der Waals surface area contributed by atoms with Crippen molar-refractivity contribution in [2.45, 2.75) is 4.90 Å². The number of hydrogen-bond donors (Lipinski definition) is 2. The van der Waals surface area contributed by atoms with E-state index in [0.29, 0.717) is 0 Å². The smallest absolute Gasteiger partial charge is 0.294 e. The zero-order valence-corrected chi connectivity index (χ0v) is 11.1. The highest BCUT2D eigenvalue weighted by Crippen LogP contribution is 2.27. The molecule has 0 aromatic heterocycles. The molecule has 21 heavy (non-hydrogen) atoms. The quantitative estimate of drug-likeness (QED) is 0.670. The van der Waals surface area contributed by atoms with Crippen molar-refractivity contribution in [2.75, 3.05) is 0 Å². The van der Waals surface area contributed by atoms with Gasteiger partial charge in [0.15, 0.2) is 17.4 Å². The Labute approximate surface area is 118 Å². The van der Waals surface area contributed by atoms with Crippen molar-refractivity contribution in [1.82, 2.24) is 0 Å². The van der Waals surface area contributed by atoms with Gasteiger partial charge in [-0.3, -0.25) is 4.55 Å². The molecule has 0 bridgehead atoms. The van der Waals surface area contributed by atoms with Crippen molar-refractivity contribution in [3.8, 4) is 5.75 Å². The molecule has 0 aliphatic rings. The van der Waals surface area contributed by atoms with Gasteiger partial charge in [-0.2, -0.15) is 18.6 Å². The molecule has 2 aromatic carbocycles. The maximum absolute atomic E-state index is 13.1. The first-order valence-corrected chi connectivity index (χ1v) is 6.88. The zero-order chi connectivity index (χ0) is 15.6. The summed E-state index contributed by atoms with van der Waals surface area (Å²) in [5.41, 5.74) is 0.0398. The molecule has 0 saturated heterocycles. The minimum atomic E-state index is -4.30. The normalized spacial score (nSPS) is 12.0. The fourth-order valence-electron chi connectivity index (χ4n) is 1.41. The molecular weight excluding hydrogens is 306 g/mol. The molecule has 6 nitrogen and oxygen atoms in total. The Balaban J connectivity index is 2.26. The van der Waals surface area contributed by atoms with Crippen LogP contribution in [0.15, 0.2) is 51.5 Å². The standard InChI is InChI=1S/C12H8F2N2O4S/c13-10-5-8(6-11(14)12(10)17)16-15-7-1-3-9(4-2-7)21(18,19)20/h1-6,17H,(H,18,19,20)/b16-15+. The Hall–Kier alpha value is -2.39. The number of rotatable bonds is 3. The van der Waals surface area contributed by atoms with E-state index in [0.717, 1.165) is 24.3 Å². The lowest BCUT2D eigenvalue weighted by atomic mass is 10.3. The molecule has 0 aliphatic carbocycles. The Morgan fingerprint density at radius 2 is 1.38 bits per heavy atom. The van der Waals surface area contributed by atoms with Crippen LogP contribution in [-0.2, 0) is 10.1 Å². The molecule has 0 amide bonds. The molecule has 0 fully saturated rings. The summed E-state index contributed by atoms with van der Waals surface area (Å²) in [6.07, 6.45) is 0. The minimum absolute atomic E-state index is 0.165. The summed E-state index contributed by atoms with van der Waals surface area (Å²) in [6, 6.07) is 6.27. The van der Waals surface area contributed by atoms with Crippen molar-refractivity contribution < 1.29 is 26.9 Å². The second kappa shape index (κ2) is 5.54. The van der Waals surface area contributed by atoms with Gasteiger partial charge in [0.05, 0.1) is 16.3 Å². The highest BCUT2D eigenvalue weighted by atomic mass is 32.2. The van der Waals surface area contributed by atoms with Crippen LogP contribution < -0.4 is 0 Å². The number of phenols is 1. The van der Waals surface area contributed by atoms with E-state index in [1.54, 1.807) is 0 Å². The monoisotopic (exact) mass is 314 g/mol. The van der Waals surface area contributed by atoms with Gasteiger partial charge in [0.1, 0.15) is 0 Å². The van der Waals surface area contributed by atoms with E-state index in [1.807, 2.05) is 0 Å². The van der Waals surface area contributed by atoms with E-state index < -0.39 is 27.5 Å². The van der Waals surface area contributed by atoms with Gasteiger partial charge < -0.3 is 5.11 Å². The van der Waals surface area contributed by atoms with E-state index in [9.17, 15) is 17.2 Å². The van der Waals surface area contributed by atoms with Crippen LogP contribution in [0.5, 0.6) is 5.75 Å². The van der Waals surface area contributed by atoms with Crippen molar-refractivity contribution in [3.63, 3.8) is 0 Å². The summed E-state index contributed by atoms with van der Waals surface area (Å²) < 4.78 is 56.6. The van der Waals surface area contributed by atoms with E-state index >= 15 is 0 Å². The fraction of sp³-hybridized carbons (Fsp3) is 0. The summed E-state index contributed by atoms with van der Waals surface area (Å²) in [5.74, 6) is -3.46. The fourth-order valence-corrected chi connectivity index (χ4v) is 1.89. The molecule has 0 unspecified atom stereocenters. The number of nitrogens with zero attached hydrogens (tertiary/aromatic N) is 2. The largest absolute Gasteiger partial charge is 0.503 e. The summed E-state index contributed by atoms with van der Waals surface area (Å²) in [4.78, 5) is -0.317. The highest BCUT2D eigenvalue weighted by molar-refractivity contribution is 7.85. The lowest BCUT2D eigenvalue weighted by molar-refractivity contribution is 0.396. The number of halogens is 2. The van der Waals surface area contributed by atoms with E-state index in [2.05, 4.69) is 10.2 Å². The molecule has 0 saturated carbocycles. The number of phenolic OH excluding ortho intramolecular Hbond substituents is 1. The third-order valence-electron chi connectivity index (χ3n) is 2.42. The SMILES string of the molecule is O=S(=O)(O)c1ccc(/N=N/c2cc(F)c(O)c(F)c2)cc1. The topological polar surface area (TPSA) is 99.3 Å². The summed E-state index contributed by atoms with van der Waals surface area (Å²) >= 11 is 0. The lowest BCUT2D eigenvalue weighted by Crippen LogP contribution is -1.96. The first-order chi connectivity index (χ1) is 9.77. The van der Waals surface area contributed by atoms with Crippen LogP contribution >= 0.6 is 0 Å². The highest BCUT2D eigenvalue weighted by Gasteiger charge is 2.10. The first-order valence-electron chi connectivity index (χ1n) is 5.44. The molecule has 0 aliphatic heterocycles. The maximum Gasteiger partial charge on any atom is 0.294 e. The number of aromatic hydroxyl groups is 1. The van der Waals surface area contributed by atoms with E-state index in [4.69, 9.17) is 9.66 Å². The second-order valence-electron chi connectivity index (χ2n) is 3.93. The average Bonchev–Trinajstić information content (AvgIpc) is 2.42. The number of hydrogen-bond acceptors (Lipinski definition) is 5. The molecule has 0 spiro atoms. The first kappa shape index (κ1) is 15.0. The molecule has 2 aromatic rings. The summed E-state index contributed by atoms with van der Waals surface area (Å²) in [7, 11) is -4.30. The molecule has 2 N–H and O–H groups in total. The Bertz CT molecular complexity index is 782. The predicted molar refractivity (Wildman–Crippen MR) is 68.5 cm³/mol. The second-order valence-corrected chi connectivity index (χ2v) is 5.35. The van der Waals surface area contributed by atoms with Gasteiger partial charge in [-0.05, 0) is 24.3 Å². The molecule has 0 atom stereocenters. The van der Waals surface area contributed by atoms with Crippen LogP contribution in [0.2, 0.25) is 0 Å². The molecule has 9 heteroatoms. The van der Waals surface area contributed by atoms with Crippen LogP contribution in [0.1, 0.15) is 0 Å². The summed E-state index contributed by atoms with van der Waals surface area (Å²) in [6.45, 7) is 0. The van der Waals surface area contributed by atoms with E-state index in [1.165, 1.54) is 12.1 Å². The minimum Gasteiger partial charge on any atom is -0.503 e. The van der Waals surface area contributed by atoms with Crippen molar-refractivity contribution in [3.05, 3.63) is 48.0 Å². The Morgan fingerprint density at radius 1 is 0.905 bits per heavy atom.